The third-order valence-electron chi connectivity index (χ3n) is 4.41. The average Bonchev–Trinajstić information content (AvgIpc) is 2.59. The van der Waals surface area contributed by atoms with Gasteiger partial charge in [0.25, 0.3) is 0 Å². The molecule has 0 aliphatic heterocycles. The van der Waals surface area contributed by atoms with Gasteiger partial charge in [0.15, 0.2) is 15.1 Å². The highest BCUT2D eigenvalue weighted by Gasteiger charge is 2.33. The minimum absolute atomic E-state index is 0.0670. The van der Waals surface area contributed by atoms with Gasteiger partial charge in [-0.15, -0.1) is 0 Å². The van der Waals surface area contributed by atoms with Crippen molar-refractivity contribution in [3.05, 3.63) is 59.7 Å². The number of nitrogen functional groups attached to an aromatic ring is 1. The molecule has 140 valence electrons. The Kier molecular flexibility index (Phi) is 6.80. The van der Waals surface area contributed by atoms with Gasteiger partial charge in [0.05, 0.1) is 4.90 Å². The van der Waals surface area contributed by atoms with Crippen LogP contribution in [0.15, 0.2) is 53.4 Å². The second-order valence-corrected chi connectivity index (χ2v) is 8.66. The van der Waals surface area contributed by atoms with Gasteiger partial charge in [0.2, 0.25) is 0 Å². The summed E-state index contributed by atoms with van der Waals surface area (Å²) in [6.07, 6.45) is 3.19. The summed E-state index contributed by atoms with van der Waals surface area (Å²) >= 11 is 0. The Morgan fingerprint density at radius 3 is 2.19 bits per heavy atom. The maximum absolute atomic E-state index is 12.6. The molecule has 2 aromatic rings. The second kappa shape index (κ2) is 8.85. The van der Waals surface area contributed by atoms with Gasteiger partial charge < -0.3 is 10.8 Å². The Balaban J connectivity index is 1.90. The van der Waals surface area contributed by atoms with Crippen molar-refractivity contribution < 1.29 is 18.3 Å². The number of carboxylic acids is 1. The molecule has 26 heavy (non-hydrogen) atoms. The van der Waals surface area contributed by atoms with Gasteiger partial charge in [0, 0.05) is 5.69 Å². The number of carboxylic acid groups (broad SMARTS) is 1. The number of aryl methyl sites for hydroxylation is 2. The predicted molar refractivity (Wildman–Crippen MR) is 103 cm³/mol. The number of rotatable bonds is 9. The Morgan fingerprint density at radius 1 is 1.00 bits per heavy atom. The largest absolute Gasteiger partial charge is 0.480 e. The lowest BCUT2D eigenvalue weighted by atomic mass is 10.1. The minimum Gasteiger partial charge on any atom is -0.480 e. The molecular formula is C20H25NO4S. The molecule has 0 bridgehead atoms. The van der Waals surface area contributed by atoms with Crippen molar-refractivity contribution in [1.29, 1.82) is 0 Å². The van der Waals surface area contributed by atoms with Crippen LogP contribution < -0.4 is 5.73 Å². The fraction of sp³-hybridized carbons (Fsp3) is 0.350. The Bertz CT molecular complexity index is 827. The van der Waals surface area contributed by atoms with E-state index in [1.54, 1.807) is 12.1 Å². The van der Waals surface area contributed by atoms with Gasteiger partial charge in [-0.3, -0.25) is 4.79 Å². The summed E-state index contributed by atoms with van der Waals surface area (Å²) in [5.41, 5.74) is 8.47. The predicted octanol–water partition coefficient (Wildman–Crippen LogP) is 3.61. The lowest BCUT2D eigenvalue weighted by molar-refractivity contribution is -0.136. The van der Waals surface area contributed by atoms with Gasteiger partial charge in [-0.25, -0.2) is 8.42 Å². The van der Waals surface area contributed by atoms with E-state index >= 15 is 0 Å². The summed E-state index contributed by atoms with van der Waals surface area (Å²) in [7, 11) is -3.87. The van der Waals surface area contributed by atoms with Crippen LogP contribution in [-0.4, -0.2) is 24.7 Å². The van der Waals surface area contributed by atoms with Crippen LogP contribution in [0.1, 0.15) is 36.8 Å². The van der Waals surface area contributed by atoms with E-state index in [1.165, 1.54) is 17.7 Å². The molecule has 0 saturated heterocycles. The summed E-state index contributed by atoms with van der Waals surface area (Å²) in [5.74, 6) is -1.29. The normalized spacial score (nSPS) is 12.7. The van der Waals surface area contributed by atoms with E-state index in [-0.39, 0.29) is 11.3 Å². The molecule has 1 unspecified atom stereocenters. The number of hydrogen-bond donors (Lipinski definition) is 2. The SMILES string of the molecule is Cc1ccc(S(=O)(=O)C(CCCCCc2ccc(N)cc2)C(=O)O)cc1. The molecule has 0 aliphatic carbocycles. The van der Waals surface area contributed by atoms with Crippen LogP contribution in [0.3, 0.4) is 0 Å². The first kappa shape index (κ1) is 20.0. The lowest BCUT2D eigenvalue weighted by Crippen LogP contribution is -2.30. The van der Waals surface area contributed by atoms with E-state index in [9.17, 15) is 18.3 Å². The van der Waals surface area contributed by atoms with Crippen molar-refractivity contribution >= 4 is 21.5 Å². The first-order valence-electron chi connectivity index (χ1n) is 8.68. The summed E-state index contributed by atoms with van der Waals surface area (Å²) in [5, 5.41) is 7.99. The van der Waals surface area contributed by atoms with Crippen molar-refractivity contribution in [3.8, 4) is 0 Å². The quantitative estimate of drug-likeness (QED) is 0.515. The molecule has 0 spiro atoms. The number of benzene rings is 2. The Hall–Kier alpha value is -2.34. The molecular weight excluding hydrogens is 350 g/mol. The summed E-state index contributed by atoms with van der Waals surface area (Å²) in [6, 6.07) is 13.9. The maximum Gasteiger partial charge on any atom is 0.322 e. The summed E-state index contributed by atoms with van der Waals surface area (Å²) in [4.78, 5) is 11.6. The highest BCUT2D eigenvalue weighted by molar-refractivity contribution is 7.92. The molecule has 0 aromatic heterocycles. The number of aliphatic carboxylic acids is 1. The Labute approximate surface area is 154 Å². The van der Waals surface area contributed by atoms with E-state index in [2.05, 4.69) is 0 Å². The highest BCUT2D eigenvalue weighted by Crippen LogP contribution is 2.22. The number of carbonyl (C=O) groups is 1. The zero-order valence-electron chi connectivity index (χ0n) is 14.9. The molecule has 0 amide bonds. The van der Waals surface area contributed by atoms with Crippen molar-refractivity contribution in [2.24, 2.45) is 0 Å². The van der Waals surface area contributed by atoms with Gasteiger partial charge >= 0.3 is 5.97 Å². The second-order valence-electron chi connectivity index (χ2n) is 6.53. The first-order valence-corrected chi connectivity index (χ1v) is 10.2. The van der Waals surface area contributed by atoms with E-state index in [4.69, 9.17) is 5.73 Å². The average molecular weight is 375 g/mol. The van der Waals surface area contributed by atoms with Crippen molar-refractivity contribution in [3.63, 3.8) is 0 Å². The van der Waals surface area contributed by atoms with Gasteiger partial charge in [-0.05, 0) is 56.0 Å². The molecule has 0 heterocycles. The van der Waals surface area contributed by atoms with Crippen LogP contribution in [-0.2, 0) is 21.1 Å². The number of nitrogens with two attached hydrogens (primary N) is 1. The smallest absolute Gasteiger partial charge is 0.322 e. The zero-order valence-corrected chi connectivity index (χ0v) is 15.7. The fourth-order valence-corrected chi connectivity index (χ4v) is 4.41. The van der Waals surface area contributed by atoms with Crippen LogP contribution in [0.2, 0.25) is 0 Å². The molecule has 3 N–H and O–H groups in total. The number of sulfone groups is 1. The van der Waals surface area contributed by atoms with E-state index in [1.807, 2.05) is 31.2 Å². The number of hydrogen-bond acceptors (Lipinski definition) is 4. The zero-order chi connectivity index (χ0) is 19.2. The van der Waals surface area contributed by atoms with Crippen molar-refractivity contribution in [2.75, 3.05) is 5.73 Å². The number of unbranched alkanes of at least 4 members (excludes halogenated alkanes) is 2. The standard InChI is InChI=1S/C20H25NO4S/c1-15-7-13-18(14-8-15)26(24,25)19(20(22)23)6-4-2-3-5-16-9-11-17(21)12-10-16/h7-14,19H,2-6,21H2,1H3,(H,22,23). The molecule has 5 nitrogen and oxygen atoms in total. The molecule has 0 aliphatic rings. The van der Waals surface area contributed by atoms with E-state index < -0.39 is 21.1 Å². The first-order chi connectivity index (χ1) is 12.3. The molecule has 0 saturated carbocycles. The molecule has 6 heteroatoms. The van der Waals surface area contributed by atoms with Crippen molar-refractivity contribution in [1.82, 2.24) is 0 Å². The number of anilines is 1. The lowest BCUT2D eigenvalue weighted by Gasteiger charge is -2.14. The van der Waals surface area contributed by atoms with Crippen LogP contribution in [0, 0.1) is 6.92 Å². The van der Waals surface area contributed by atoms with Crippen LogP contribution >= 0.6 is 0 Å². The van der Waals surface area contributed by atoms with Crippen LogP contribution in [0.25, 0.3) is 0 Å². The van der Waals surface area contributed by atoms with E-state index in [0.29, 0.717) is 6.42 Å². The van der Waals surface area contributed by atoms with E-state index in [0.717, 1.165) is 30.5 Å². The van der Waals surface area contributed by atoms with Crippen molar-refractivity contribution in [2.45, 2.75) is 49.2 Å². The highest BCUT2D eigenvalue weighted by atomic mass is 32.2. The van der Waals surface area contributed by atoms with Gasteiger partial charge in [-0.1, -0.05) is 42.7 Å². The summed E-state index contributed by atoms with van der Waals surface area (Å²) < 4.78 is 25.2. The molecule has 2 rings (SSSR count). The molecule has 2 aromatic carbocycles. The van der Waals surface area contributed by atoms with Crippen LogP contribution in [0.4, 0.5) is 5.69 Å². The minimum atomic E-state index is -3.87. The molecule has 0 radical (unpaired) electrons. The maximum atomic E-state index is 12.6. The van der Waals surface area contributed by atoms with Crippen LogP contribution in [0.5, 0.6) is 0 Å². The third-order valence-corrected chi connectivity index (χ3v) is 6.53. The summed E-state index contributed by atoms with van der Waals surface area (Å²) in [6.45, 7) is 1.85. The molecule has 1 atom stereocenters. The topological polar surface area (TPSA) is 97.5 Å². The van der Waals surface area contributed by atoms with Gasteiger partial charge in [-0.2, -0.15) is 0 Å². The fourth-order valence-electron chi connectivity index (χ4n) is 2.82. The van der Waals surface area contributed by atoms with Gasteiger partial charge in [0.1, 0.15) is 0 Å². The Morgan fingerprint density at radius 2 is 1.62 bits per heavy atom. The molecule has 0 fully saturated rings. The third kappa shape index (κ3) is 5.33. The monoisotopic (exact) mass is 375 g/mol.